The number of para-hydroxylation sites is 1. The van der Waals surface area contributed by atoms with Crippen molar-refractivity contribution in [1.82, 2.24) is 5.32 Å². The predicted molar refractivity (Wildman–Crippen MR) is 106 cm³/mol. The second-order valence-electron chi connectivity index (χ2n) is 6.15. The average Bonchev–Trinajstić information content (AvgIpc) is 2.71. The molecule has 3 aromatic carbocycles. The van der Waals surface area contributed by atoms with E-state index in [0.29, 0.717) is 13.2 Å². The van der Waals surface area contributed by atoms with Crippen molar-refractivity contribution in [3.8, 4) is 11.5 Å². The molecule has 0 saturated carbocycles. The molecule has 1 N–H and O–H groups in total. The third-order valence-electron chi connectivity index (χ3n) is 4.17. The van der Waals surface area contributed by atoms with Crippen LogP contribution < -0.4 is 14.8 Å². The van der Waals surface area contributed by atoms with Crippen LogP contribution in [0.25, 0.3) is 0 Å². The van der Waals surface area contributed by atoms with E-state index < -0.39 is 0 Å². The second-order valence-corrected chi connectivity index (χ2v) is 6.15. The highest BCUT2D eigenvalue weighted by Gasteiger charge is 2.12. The molecule has 0 saturated heterocycles. The summed E-state index contributed by atoms with van der Waals surface area (Å²) in [6, 6.07) is 26.5. The summed E-state index contributed by atoms with van der Waals surface area (Å²) in [5, 5.41) is 3.20. The molecule has 0 aromatic heterocycles. The topological polar surface area (TPSA) is 30.5 Å². The molecule has 3 rings (SSSR count). The largest absolute Gasteiger partial charge is 0.485 e. The SMILES string of the molecule is CNCCc1cccc(OCc2ccccc2)c1OCc1ccccc1. The molecule has 0 aliphatic heterocycles. The summed E-state index contributed by atoms with van der Waals surface area (Å²) in [7, 11) is 1.96. The van der Waals surface area contributed by atoms with E-state index in [1.54, 1.807) is 0 Å². The Morgan fingerprint density at radius 3 is 1.92 bits per heavy atom. The van der Waals surface area contributed by atoms with Crippen LogP contribution in [0.1, 0.15) is 16.7 Å². The van der Waals surface area contributed by atoms with E-state index in [4.69, 9.17) is 9.47 Å². The van der Waals surface area contributed by atoms with Gasteiger partial charge in [-0.1, -0.05) is 72.8 Å². The molecule has 0 unspecified atom stereocenters. The Balaban J connectivity index is 1.77. The van der Waals surface area contributed by atoms with Crippen LogP contribution in [0.5, 0.6) is 11.5 Å². The van der Waals surface area contributed by atoms with Crippen LogP contribution in [-0.4, -0.2) is 13.6 Å². The van der Waals surface area contributed by atoms with Gasteiger partial charge in [0.15, 0.2) is 11.5 Å². The Hall–Kier alpha value is -2.78. The van der Waals surface area contributed by atoms with Gasteiger partial charge in [0.25, 0.3) is 0 Å². The molecular formula is C23H25NO2. The molecule has 0 heterocycles. The van der Waals surface area contributed by atoms with E-state index in [2.05, 4.69) is 35.6 Å². The average molecular weight is 347 g/mol. The van der Waals surface area contributed by atoms with Gasteiger partial charge in [-0.15, -0.1) is 0 Å². The van der Waals surface area contributed by atoms with Gasteiger partial charge < -0.3 is 14.8 Å². The maximum atomic E-state index is 6.19. The predicted octanol–water partition coefficient (Wildman–Crippen LogP) is 4.61. The fourth-order valence-corrected chi connectivity index (χ4v) is 2.76. The lowest BCUT2D eigenvalue weighted by atomic mass is 10.1. The summed E-state index contributed by atoms with van der Waals surface area (Å²) in [6.45, 7) is 1.95. The van der Waals surface area contributed by atoms with Gasteiger partial charge in [0, 0.05) is 0 Å². The summed E-state index contributed by atoms with van der Waals surface area (Å²) in [4.78, 5) is 0. The van der Waals surface area contributed by atoms with Gasteiger partial charge in [-0.25, -0.2) is 0 Å². The molecule has 0 spiro atoms. The summed E-state index contributed by atoms with van der Waals surface area (Å²) >= 11 is 0. The number of nitrogens with one attached hydrogen (secondary N) is 1. The zero-order chi connectivity index (χ0) is 18.0. The van der Waals surface area contributed by atoms with Crippen LogP contribution in [0.4, 0.5) is 0 Å². The van der Waals surface area contributed by atoms with Crippen molar-refractivity contribution >= 4 is 0 Å². The number of ether oxygens (including phenoxy) is 2. The molecule has 3 heteroatoms. The summed E-state index contributed by atoms with van der Waals surface area (Å²) in [5.41, 5.74) is 3.44. The molecule has 0 bridgehead atoms. The Bertz CT molecular complexity index is 788. The van der Waals surface area contributed by atoms with E-state index in [-0.39, 0.29) is 0 Å². The van der Waals surface area contributed by atoms with Crippen molar-refractivity contribution in [2.75, 3.05) is 13.6 Å². The second kappa shape index (κ2) is 9.64. The molecule has 0 radical (unpaired) electrons. The maximum absolute atomic E-state index is 6.19. The van der Waals surface area contributed by atoms with Gasteiger partial charge in [0.1, 0.15) is 13.2 Å². The van der Waals surface area contributed by atoms with Gasteiger partial charge in [0.2, 0.25) is 0 Å². The van der Waals surface area contributed by atoms with Crippen LogP contribution in [0.2, 0.25) is 0 Å². The van der Waals surface area contributed by atoms with Gasteiger partial charge in [-0.05, 0) is 42.8 Å². The molecule has 0 fully saturated rings. The number of likely N-dealkylation sites (N-methyl/N-ethyl adjacent to an activating group) is 1. The quantitative estimate of drug-likeness (QED) is 0.613. The Morgan fingerprint density at radius 1 is 0.692 bits per heavy atom. The first kappa shape index (κ1) is 18.0. The third-order valence-corrected chi connectivity index (χ3v) is 4.17. The van der Waals surface area contributed by atoms with Crippen LogP contribution in [0.15, 0.2) is 78.9 Å². The first-order chi connectivity index (χ1) is 12.9. The van der Waals surface area contributed by atoms with Crippen molar-refractivity contribution in [3.05, 3.63) is 95.6 Å². The third kappa shape index (κ3) is 5.11. The minimum atomic E-state index is 0.526. The highest BCUT2D eigenvalue weighted by Crippen LogP contribution is 2.33. The molecule has 0 atom stereocenters. The Morgan fingerprint density at radius 2 is 1.31 bits per heavy atom. The molecule has 0 amide bonds. The van der Waals surface area contributed by atoms with E-state index >= 15 is 0 Å². The minimum Gasteiger partial charge on any atom is -0.485 e. The summed E-state index contributed by atoms with van der Waals surface area (Å²) in [6.07, 6.45) is 0.892. The molecular weight excluding hydrogens is 322 g/mol. The first-order valence-corrected chi connectivity index (χ1v) is 8.97. The highest BCUT2D eigenvalue weighted by molar-refractivity contribution is 5.47. The zero-order valence-corrected chi connectivity index (χ0v) is 15.2. The molecule has 26 heavy (non-hydrogen) atoms. The zero-order valence-electron chi connectivity index (χ0n) is 15.2. The van der Waals surface area contributed by atoms with Crippen LogP contribution in [0.3, 0.4) is 0 Å². The molecule has 0 aliphatic rings. The molecule has 134 valence electrons. The van der Waals surface area contributed by atoms with Gasteiger partial charge in [-0.3, -0.25) is 0 Å². The lowest BCUT2D eigenvalue weighted by Gasteiger charge is -2.17. The number of hydrogen-bond donors (Lipinski definition) is 1. The lowest BCUT2D eigenvalue weighted by molar-refractivity contribution is 0.253. The summed E-state index contributed by atoms with van der Waals surface area (Å²) < 4.78 is 12.3. The van der Waals surface area contributed by atoms with Crippen LogP contribution in [-0.2, 0) is 19.6 Å². The van der Waals surface area contributed by atoms with Crippen LogP contribution in [0, 0.1) is 0 Å². The maximum Gasteiger partial charge on any atom is 0.164 e. The minimum absolute atomic E-state index is 0.526. The van der Waals surface area contributed by atoms with Crippen molar-refractivity contribution in [2.24, 2.45) is 0 Å². The van der Waals surface area contributed by atoms with Crippen LogP contribution >= 0.6 is 0 Å². The molecule has 3 nitrogen and oxygen atoms in total. The lowest BCUT2D eigenvalue weighted by Crippen LogP contribution is -2.12. The monoisotopic (exact) mass is 347 g/mol. The number of hydrogen-bond acceptors (Lipinski definition) is 3. The smallest absolute Gasteiger partial charge is 0.164 e. The Labute approximate surface area is 155 Å². The number of rotatable bonds is 9. The molecule has 0 aliphatic carbocycles. The standard InChI is InChI=1S/C23H25NO2/c1-24-16-15-21-13-8-14-22(25-17-19-9-4-2-5-10-19)23(21)26-18-20-11-6-3-7-12-20/h2-14,24H,15-18H2,1H3. The molecule has 3 aromatic rings. The van der Waals surface area contributed by atoms with E-state index in [0.717, 1.165) is 41.2 Å². The van der Waals surface area contributed by atoms with Gasteiger partial charge in [0.05, 0.1) is 0 Å². The van der Waals surface area contributed by atoms with E-state index in [1.165, 1.54) is 0 Å². The number of benzene rings is 3. The van der Waals surface area contributed by atoms with Gasteiger partial charge in [-0.2, -0.15) is 0 Å². The fourth-order valence-electron chi connectivity index (χ4n) is 2.76. The van der Waals surface area contributed by atoms with Crippen molar-refractivity contribution in [2.45, 2.75) is 19.6 Å². The van der Waals surface area contributed by atoms with Crippen molar-refractivity contribution in [1.29, 1.82) is 0 Å². The normalized spacial score (nSPS) is 10.5. The first-order valence-electron chi connectivity index (χ1n) is 8.97. The van der Waals surface area contributed by atoms with Crippen molar-refractivity contribution < 1.29 is 9.47 Å². The fraction of sp³-hybridized carbons (Fsp3) is 0.217. The summed E-state index contributed by atoms with van der Waals surface area (Å²) in [5.74, 6) is 1.63. The van der Waals surface area contributed by atoms with Gasteiger partial charge >= 0.3 is 0 Å². The van der Waals surface area contributed by atoms with E-state index in [9.17, 15) is 0 Å². The highest BCUT2D eigenvalue weighted by atomic mass is 16.5. The van der Waals surface area contributed by atoms with E-state index in [1.807, 2.05) is 55.6 Å². The van der Waals surface area contributed by atoms with Crippen molar-refractivity contribution in [3.63, 3.8) is 0 Å². The Kier molecular flexibility index (Phi) is 6.68.